The Hall–Kier alpha value is -1.02. The van der Waals surface area contributed by atoms with E-state index in [0.717, 1.165) is 23.9 Å². The van der Waals surface area contributed by atoms with E-state index in [1.807, 2.05) is 31.2 Å². The third-order valence-electron chi connectivity index (χ3n) is 2.13. The van der Waals surface area contributed by atoms with E-state index >= 15 is 0 Å². The number of ether oxygens (including phenoxy) is 1. The van der Waals surface area contributed by atoms with Gasteiger partial charge in [0, 0.05) is 11.4 Å². The second kappa shape index (κ2) is 4.01. The summed E-state index contributed by atoms with van der Waals surface area (Å²) >= 11 is 5.79. The normalized spacial score (nSPS) is 20.4. The summed E-state index contributed by atoms with van der Waals surface area (Å²) in [5.41, 5.74) is 1.18. The first-order chi connectivity index (χ1) is 6.74. The Bertz CT molecular complexity index is 345. The lowest BCUT2D eigenvalue weighted by molar-refractivity contribution is 0.241. The van der Waals surface area contributed by atoms with Crippen LogP contribution in [0.25, 0.3) is 0 Å². The first-order valence-corrected chi connectivity index (χ1v) is 5.06. The van der Waals surface area contributed by atoms with E-state index in [0.29, 0.717) is 0 Å². The number of aliphatic imine (C=N–C) groups is 1. The summed E-state index contributed by atoms with van der Waals surface area (Å²) in [6.45, 7) is 2.81. The second-order valence-electron chi connectivity index (χ2n) is 3.47. The largest absolute Gasteiger partial charge is 0.476 e. The van der Waals surface area contributed by atoms with Crippen LogP contribution in [0.1, 0.15) is 12.5 Å². The van der Waals surface area contributed by atoms with Gasteiger partial charge in [0.1, 0.15) is 6.10 Å². The van der Waals surface area contributed by atoms with Gasteiger partial charge in [0.15, 0.2) is 5.90 Å². The lowest BCUT2D eigenvalue weighted by atomic mass is 10.1. The van der Waals surface area contributed by atoms with Crippen LogP contribution in [-0.4, -0.2) is 18.5 Å². The zero-order valence-electron chi connectivity index (χ0n) is 8.03. The third kappa shape index (κ3) is 2.26. The molecule has 0 bridgehead atoms. The van der Waals surface area contributed by atoms with Gasteiger partial charge in [-0.1, -0.05) is 23.7 Å². The average molecular weight is 210 g/mol. The zero-order chi connectivity index (χ0) is 9.97. The highest BCUT2D eigenvalue weighted by Crippen LogP contribution is 2.13. The van der Waals surface area contributed by atoms with Crippen LogP contribution in [0.5, 0.6) is 0 Å². The Morgan fingerprint density at radius 3 is 2.71 bits per heavy atom. The van der Waals surface area contributed by atoms with Gasteiger partial charge in [-0.2, -0.15) is 0 Å². The maximum absolute atomic E-state index is 5.79. The van der Waals surface area contributed by atoms with Gasteiger partial charge in [0.2, 0.25) is 0 Å². The zero-order valence-corrected chi connectivity index (χ0v) is 8.79. The number of benzene rings is 1. The molecule has 2 nitrogen and oxygen atoms in total. The van der Waals surface area contributed by atoms with Crippen LogP contribution in [0.15, 0.2) is 29.3 Å². The highest BCUT2D eigenvalue weighted by molar-refractivity contribution is 6.30. The minimum absolute atomic E-state index is 0.234. The Balaban J connectivity index is 2.01. The Morgan fingerprint density at radius 2 is 2.14 bits per heavy atom. The lowest BCUT2D eigenvalue weighted by Gasteiger charge is -2.05. The molecule has 0 radical (unpaired) electrons. The fourth-order valence-electron chi connectivity index (χ4n) is 1.41. The van der Waals surface area contributed by atoms with E-state index in [1.54, 1.807) is 0 Å². The number of halogens is 1. The number of nitrogens with zero attached hydrogens (tertiary/aromatic N) is 1. The van der Waals surface area contributed by atoms with E-state index < -0.39 is 0 Å². The molecule has 3 heteroatoms. The molecule has 0 amide bonds. The van der Waals surface area contributed by atoms with E-state index in [4.69, 9.17) is 16.3 Å². The molecule has 1 aromatic carbocycles. The van der Waals surface area contributed by atoms with Crippen LogP contribution in [0, 0.1) is 0 Å². The fourth-order valence-corrected chi connectivity index (χ4v) is 1.54. The van der Waals surface area contributed by atoms with Gasteiger partial charge < -0.3 is 4.74 Å². The SMILES string of the molecule is CC1CN=C(Cc2ccc(Cl)cc2)O1. The molecular formula is C11H12ClNO. The molecule has 0 aromatic heterocycles. The van der Waals surface area contributed by atoms with Gasteiger partial charge in [0.05, 0.1) is 6.54 Å². The predicted octanol–water partition coefficient (Wildman–Crippen LogP) is 2.70. The van der Waals surface area contributed by atoms with Gasteiger partial charge >= 0.3 is 0 Å². The molecule has 0 aliphatic carbocycles. The van der Waals surface area contributed by atoms with E-state index in [9.17, 15) is 0 Å². The van der Waals surface area contributed by atoms with Gasteiger partial charge in [-0.3, -0.25) is 4.99 Å². The first kappa shape index (κ1) is 9.53. The minimum Gasteiger partial charge on any atom is -0.476 e. The summed E-state index contributed by atoms with van der Waals surface area (Å²) in [6.07, 6.45) is 0.999. The molecule has 74 valence electrons. The molecule has 1 aromatic rings. The lowest BCUT2D eigenvalue weighted by Crippen LogP contribution is -2.09. The topological polar surface area (TPSA) is 21.6 Å². The van der Waals surface area contributed by atoms with Crippen molar-refractivity contribution in [3.05, 3.63) is 34.9 Å². The van der Waals surface area contributed by atoms with Gasteiger partial charge in [-0.05, 0) is 24.6 Å². The van der Waals surface area contributed by atoms with Crippen molar-refractivity contribution in [2.24, 2.45) is 4.99 Å². The molecule has 0 fully saturated rings. The molecule has 0 saturated carbocycles. The van der Waals surface area contributed by atoms with Crippen molar-refractivity contribution >= 4 is 17.5 Å². The van der Waals surface area contributed by atoms with Crippen molar-refractivity contribution in [1.29, 1.82) is 0 Å². The summed E-state index contributed by atoms with van der Waals surface area (Å²) in [6, 6.07) is 7.76. The molecule has 0 saturated heterocycles. The molecule has 2 rings (SSSR count). The van der Waals surface area contributed by atoms with Crippen molar-refractivity contribution in [3.8, 4) is 0 Å². The Morgan fingerprint density at radius 1 is 1.43 bits per heavy atom. The number of hydrogen-bond acceptors (Lipinski definition) is 2. The standard InChI is InChI=1S/C11H12ClNO/c1-8-7-13-11(14-8)6-9-2-4-10(12)5-3-9/h2-5,8H,6-7H2,1H3. The van der Waals surface area contributed by atoms with E-state index in [-0.39, 0.29) is 6.10 Å². The third-order valence-corrected chi connectivity index (χ3v) is 2.38. The Labute approximate surface area is 88.6 Å². The average Bonchev–Trinajstić information content (AvgIpc) is 2.56. The molecule has 0 spiro atoms. The summed E-state index contributed by atoms with van der Waals surface area (Å²) in [5, 5.41) is 0.761. The highest BCUT2D eigenvalue weighted by atomic mass is 35.5. The quantitative estimate of drug-likeness (QED) is 0.734. The Kier molecular flexibility index (Phi) is 2.73. The van der Waals surface area contributed by atoms with Crippen molar-refractivity contribution < 1.29 is 4.74 Å². The van der Waals surface area contributed by atoms with E-state index in [1.165, 1.54) is 5.56 Å². The fraction of sp³-hybridized carbons (Fsp3) is 0.364. The molecule has 1 heterocycles. The van der Waals surface area contributed by atoms with Gasteiger partial charge in [0.25, 0.3) is 0 Å². The van der Waals surface area contributed by atoms with Gasteiger partial charge in [-0.15, -0.1) is 0 Å². The molecule has 1 unspecified atom stereocenters. The highest BCUT2D eigenvalue weighted by Gasteiger charge is 2.14. The van der Waals surface area contributed by atoms with Crippen LogP contribution >= 0.6 is 11.6 Å². The van der Waals surface area contributed by atoms with Crippen LogP contribution in [0.4, 0.5) is 0 Å². The van der Waals surface area contributed by atoms with Crippen molar-refractivity contribution in [3.63, 3.8) is 0 Å². The van der Waals surface area contributed by atoms with Gasteiger partial charge in [-0.25, -0.2) is 0 Å². The number of rotatable bonds is 2. The first-order valence-electron chi connectivity index (χ1n) is 4.68. The number of hydrogen-bond donors (Lipinski definition) is 0. The van der Waals surface area contributed by atoms with Crippen LogP contribution in [0.3, 0.4) is 0 Å². The maximum Gasteiger partial charge on any atom is 0.188 e. The minimum atomic E-state index is 0.234. The second-order valence-corrected chi connectivity index (χ2v) is 3.90. The summed E-state index contributed by atoms with van der Waals surface area (Å²) in [7, 11) is 0. The van der Waals surface area contributed by atoms with Crippen LogP contribution in [0.2, 0.25) is 5.02 Å². The predicted molar refractivity (Wildman–Crippen MR) is 58.0 cm³/mol. The van der Waals surface area contributed by atoms with Crippen molar-refractivity contribution in [2.75, 3.05) is 6.54 Å². The molecule has 1 aliphatic heterocycles. The molecule has 1 aliphatic rings. The summed E-state index contributed by atoms with van der Waals surface area (Å²) in [4.78, 5) is 4.30. The summed E-state index contributed by atoms with van der Waals surface area (Å²) in [5.74, 6) is 0.833. The molecule has 1 atom stereocenters. The van der Waals surface area contributed by atoms with Crippen molar-refractivity contribution in [1.82, 2.24) is 0 Å². The van der Waals surface area contributed by atoms with Crippen LogP contribution < -0.4 is 0 Å². The molecule has 0 N–H and O–H groups in total. The molecule has 14 heavy (non-hydrogen) atoms. The van der Waals surface area contributed by atoms with Crippen molar-refractivity contribution in [2.45, 2.75) is 19.4 Å². The maximum atomic E-state index is 5.79. The smallest absolute Gasteiger partial charge is 0.188 e. The van der Waals surface area contributed by atoms with E-state index in [2.05, 4.69) is 4.99 Å². The summed E-state index contributed by atoms with van der Waals surface area (Å²) < 4.78 is 5.51. The van der Waals surface area contributed by atoms with Crippen LogP contribution in [-0.2, 0) is 11.2 Å². The molecular weight excluding hydrogens is 198 g/mol. The monoisotopic (exact) mass is 209 g/mol.